The van der Waals surface area contributed by atoms with E-state index in [9.17, 15) is 22.0 Å². The lowest BCUT2D eigenvalue weighted by Gasteiger charge is -2.33. The second kappa shape index (κ2) is 8.98. The van der Waals surface area contributed by atoms with Crippen LogP contribution < -0.4 is 5.32 Å². The van der Waals surface area contributed by atoms with E-state index in [0.717, 1.165) is 11.6 Å². The minimum atomic E-state index is -3.90. The second-order valence-corrected chi connectivity index (χ2v) is 8.86. The standard InChI is InChI=1S/C20H23F2N3O3S/c1-15(16-6-8-17(21)9-7-16)23-20(26)14-24-10-12-25(13-11-24)29(27,28)19-5-3-2-4-18(19)22/h2-9,15H,10-14H2,1H3,(H,23,26). The molecule has 0 aliphatic carbocycles. The normalized spacial score (nSPS) is 17.1. The smallest absolute Gasteiger partial charge is 0.246 e. The van der Waals surface area contributed by atoms with Crippen molar-refractivity contribution in [2.75, 3.05) is 32.7 Å². The van der Waals surface area contributed by atoms with Crippen molar-refractivity contribution in [1.29, 1.82) is 0 Å². The van der Waals surface area contributed by atoms with Crippen LogP contribution in [0.4, 0.5) is 8.78 Å². The molecule has 2 aromatic rings. The third kappa shape index (κ3) is 5.17. The highest BCUT2D eigenvalue weighted by atomic mass is 32.2. The summed E-state index contributed by atoms with van der Waals surface area (Å²) < 4.78 is 53.4. The highest BCUT2D eigenvalue weighted by molar-refractivity contribution is 7.89. The SMILES string of the molecule is CC(NC(=O)CN1CCN(S(=O)(=O)c2ccccc2F)CC1)c1ccc(F)cc1. The zero-order valence-corrected chi connectivity index (χ0v) is 16.8. The van der Waals surface area contributed by atoms with Crippen molar-refractivity contribution in [2.45, 2.75) is 17.9 Å². The number of sulfonamides is 1. The topological polar surface area (TPSA) is 69.7 Å². The summed E-state index contributed by atoms with van der Waals surface area (Å²) in [6, 6.07) is 10.9. The Labute approximate surface area is 169 Å². The predicted molar refractivity (Wildman–Crippen MR) is 105 cm³/mol. The minimum absolute atomic E-state index is 0.124. The Bertz CT molecular complexity index is 959. The predicted octanol–water partition coefficient (Wildman–Crippen LogP) is 2.15. The van der Waals surface area contributed by atoms with E-state index in [1.807, 2.05) is 11.8 Å². The molecule has 9 heteroatoms. The summed E-state index contributed by atoms with van der Waals surface area (Å²) >= 11 is 0. The van der Waals surface area contributed by atoms with Crippen LogP contribution in [0.3, 0.4) is 0 Å². The van der Waals surface area contributed by atoms with Gasteiger partial charge in [-0.2, -0.15) is 4.31 Å². The third-order valence-electron chi connectivity index (χ3n) is 4.90. The first-order valence-corrected chi connectivity index (χ1v) is 10.7. The van der Waals surface area contributed by atoms with Gasteiger partial charge in [-0.3, -0.25) is 9.69 Å². The van der Waals surface area contributed by atoms with Crippen LogP contribution in [0, 0.1) is 11.6 Å². The molecule has 0 bridgehead atoms. The molecule has 1 atom stereocenters. The van der Waals surface area contributed by atoms with Gasteiger partial charge in [0.15, 0.2) is 0 Å². The first kappa shape index (κ1) is 21.4. The first-order valence-electron chi connectivity index (χ1n) is 9.29. The maximum atomic E-state index is 13.9. The third-order valence-corrected chi connectivity index (χ3v) is 6.83. The Morgan fingerprint density at radius 3 is 2.28 bits per heavy atom. The molecule has 2 aromatic carbocycles. The van der Waals surface area contributed by atoms with Gasteiger partial charge < -0.3 is 5.32 Å². The van der Waals surface area contributed by atoms with E-state index in [2.05, 4.69) is 5.32 Å². The molecule has 6 nitrogen and oxygen atoms in total. The monoisotopic (exact) mass is 423 g/mol. The van der Waals surface area contributed by atoms with E-state index in [-0.39, 0.29) is 42.3 Å². The number of amides is 1. The van der Waals surface area contributed by atoms with Gasteiger partial charge in [-0.05, 0) is 36.8 Å². The van der Waals surface area contributed by atoms with Gasteiger partial charge in [0, 0.05) is 26.2 Å². The number of hydrogen-bond donors (Lipinski definition) is 1. The zero-order valence-electron chi connectivity index (χ0n) is 16.0. The molecule has 0 radical (unpaired) electrons. The van der Waals surface area contributed by atoms with Gasteiger partial charge in [-0.1, -0.05) is 24.3 Å². The van der Waals surface area contributed by atoms with Crippen LogP contribution in [0.5, 0.6) is 0 Å². The van der Waals surface area contributed by atoms with Crippen molar-refractivity contribution in [1.82, 2.24) is 14.5 Å². The van der Waals surface area contributed by atoms with Crippen LogP contribution in [0.25, 0.3) is 0 Å². The second-order valence-electron chi connectivity index (χ2n) is 6.95. The average Bonchev–Trinajstić information content (AvgIpc) is 2.69. The first-order chi connectivity index (χ1) is 13.8. The fourth-order valence-electron chi connectivity index (χ4n) is 3.25. The molecule has 1 amide bonds. The number of carbonyl (C=O) groups excluding carboxylic acids is 1. The Morgan fingerprint density at radius 1 is 1.03 bits per heavy atom. The number of benzene rings is 2. The van der Waals surface area contributed by atoms with E-state index in [1.165, 1.54) is 34.6 Å². The Hall–Kier alpha value is -2.36. The summed E-state index contributed by atoms with van der Waals surface area (Å²) in [5.41, 5.74) is 0.792. The van der Waals surface area contributed by atoms with Crippen molar-refractivity contribution < 1.29 is 22.0 Å². The van der Waals surface area contributed by atoms with Crippen LogP contribution >= 0.6 is 0 Å². The number of nitrogens with zero attached hydrogens (tertiary/aromatic N) is 2. The average molecular weight is 423 g/mol. The molecule has 1 heterocycles. The van der Waals surface area contributed by atoms with E-state index >= 15 is 0 Å². The molecule has 1 saturated heterocycles. The Morgan fingerprint density at radius 2 is 1.66 bits per heavy atom. The van der Waals surface area contributed by atoms with Gasteiger partial charge in [-0.25, -0.2) is 17.2 Å². The van der Waals surface area contributed by atoms with Gasteiger partial charge in [0.25, 0.3) is 0 Å². The molecule has 29 heavy (non-hydrogen) atoms. The number of halogens is 2. The summed E-state index contributed by atoms with van der Waals surface area (Å²) in [4.78, 5) is 13.8. The molecule has 0 saturated carbocycles. The fourth-order valence-corrected chi connectivity index (χ4v) is 4.73. The van der Waals surface area contributed by atoms with Gasteiger partial charge in [0.1, 0.15) is 16.5 Å². The number of nitrogens with one attached hydrogen (secondary N) is 1. The highest BCUT2D eigenvalue weighted by Crippen LogP contribution is 2.20. The molecular weight excluding hydrogens is 400 g/mol. The van der Waals surface area contributed by atoms with Gasteiger partial charge in [0.05, 0.1) is 12.6 Å². The summed E-state index contributed by atoms with van der Waals surface area (Å²) in [6.07, 6.45) is 0. The van der Waals surface area contributed by atoms with Crippen LogP contribution in [-0.4, -0.2) is 56.3 Å². The van der Waals surface area contributed by atoms with E-state index in [0.29, 0.717) is 13.1 Å². The molecule has 0 aromatic heterocycles. The Balaban J connectivity index is 1.52. The van der Waals surface area contributed by atoms with Crippen LogP contribution in [0.2, 0.25) is 0 Å². The maximum Gasteiger partial charge on any atom is 0.246 e. The van der Waals surface area contributed by atoms with Crippen LogP contribution in [-0.2, 0) is 14.8 Å². The minimum Gasteiger partial charge on any atom is -0.348 e. The zero-order chi connectivity index (χ0) is 21.0. The highest BCUT2D eigenvalue weighted by Gasteiger charge is 2.30. The van der Waals surface area contributed by atoms with Crippen molar-refractivity contribution in [2.24, 2.45) is 0 Å². The Kier molecular flexibility index (Phi) is 6.61. The van der Waals surface area contributed by atoms with Gasteiger partial charge in [0.2, 0.25) is 15.9 Å². The molecule has 1 aliphatic rings. The lowest BCUT2D eigenvalue weighted by molar-refractivity contribution is -0.123. The number of piperazine rings is 1. The number of rotatable bonds is 6. The number of hydrogen-bond acceptors (Lipinski definition) is 4. The maximum absolute atomic E-state index is 13.9. The van der Waals surface area contributed by atoms with E-state index in [4.69, 9.17) is 0 Å². The molecule has 3 rings (SSSR count). The van der Waals surface area contributed by atoms with E-state index < -0.39 is 15.8 Å². The van der Waals surface area contributed by atoms with Crippen molar-refractivity contribution in [3.8, 4) is 0 Å². The molecular formula is C20H23F2N3O3S. The molecule has 1 N–H and O–H groups in total. The largest absolute Gasteiger partial charge is 0.348 e. The van der Waals surface area contributed by atoms with Crippen LogP contribution in [0.15, 0.2) is 53.4 Å². The summed E-state index contributed by atoms with van der Waals surface area (Å²) in [7, 11) is -3.90. The van der Waals surface area contributed by atoms with Crippen molar-refractivity contribution in [3.63, 3.8) is 0 Å². The van der Waals surface area contributed by atoms with Gasteiger partial charge in [-0.15, -0.1) is 0 Å². The number of carbonyl (C=O) groups is 1. The molecule has 1 unspecified atom stereocenters. The summed E-state index contributed by atoms with van der Waals surface area (Å²) in [5, 5.41) is 2.85. The summed E-state index contributed by atoms with van der Waals surface area (Å²) in [6.45, 7) is 3.02. The lowest BCUT2D eigenvalue weighted by Crippen LogP contribution is -2.51. The molecule has 156 valence electrons. The lowest BCUT2D eigenvalue weighted by atomic mass is 10.1. The molecule has 1 fully saturated rings. The van der Waals surface area contributed by atoms with Crippen molar-refractivity contribution in [3.05, 3.63) is 65.7 Å². The molecule has 0 spiro atoms. The van der Waals surface area contributed by atoms with Gasteiger partial charge >= 0.3 is 0 Å². The fraction of sp³-hybridized carbons (Fsp3) is 0.350. The quantitative estimate of drug-likeness (QED) is 0.773. The molecule has 1 aliphatic heterocycles. The van der Waals surface area contributed by atoms with E-state index in [1.54, 1.807) is 12.1 Å². The van der Waals surface area contributed by atoms with Crippen molar-refractivity contribution >= 4 is 15.9 Å². The van der Waals surface area contributed by atoms with Crippen LogP contribution in [0.1, 0.15) is 18.5 Å². The summed E-state index contributed by atoms with van der Waals surface area (Å²) in [5.74, 6) is -1.31.